The number of nitrogens with one attached hydrogen (secondary N) is 1. The number of nitrogens with zero attached hydrogens (tertiary/aromatic N) is 2. The zero-order valence-electron chi connectivity index (χ0n) is 18.0. The van der Waals surface area contributed by atoms with Crippen molar-refractivity contribution >= 4 is 23.2 Å². The average molecular weight is 473 g/mol. The first-order valence-corrected chi connectivity index (χ1v) is 10.6. The fourth-order valence-electron chi connectivity index (χ4n) is 4.01. The Morgan fingerprint density at radius 3 is 2.32 bits per heavy atom. The molecule has 0 saturated heterocycles. The third-order valence-corrected chi connectivity index (χ3v) is 5.67. The number of hydrogen-bond donors (Lipinski definition) is 1. The standard InChI is InChI=1S/C24H22F3N3O4/c1-2-21(31)29(20-10-6-7-17(15-20)24(25,26)27)22(16-11-13-19(14-12-16)30(33)34)23(32)28-18-8-4-3-5-9-18/h1,6-7,10-15,18,22H,3-5,8-9H2,(H,28,32). The number of halogens is 3. The molecule has 0 heterocycles. The fourth-order valence-corrected chi connectivity index (χ4v) is 4.01. The molecule has 1 N–H and O–H groups in total. The van der Waals surface area contributed by atoms with Gasteiger partial charge in [-0.25, -0.2) is 0 Å². The van der Waals surface area contributed by atoms with Crippen LogP contribution in [0.15, 0.2) is 48.5 Å². The lowest BCUT2D eigenvalue weighted by Crippen LogP contribution is -2.47. The van der Waals surface area contributed by atoms with Crippen LogP contribution in [-0.2, 0) is 15.8 Å². The second-order valence-electron chi connectivity index (χ2n) is 7.96. The van der Waals surface area contributed by atoms with Crippen molar-refractivity contribution in [2.75, 3.05) is 4.90 Å². The highest BCUT2D eigenvalue weighted by Gasteiger charge is 2.36. The summed E-state index contributed by atoms with van der Waals surface area (Å²) in [5.41, 5.74) is -1.32. The Hall–Kier alpha value is -3.87. The Labute approximate surface area is 194 Å². The first kappa shape index (κ1) is 24.8. The van der Waals surface area contributed by atoms with E-state index in [1.807, 2.05) is 5.92 Å². The predicted octanol–water partition coefficient (Wildman–Crippen LogP) is 4.77. The van der Waals surface area contributed by atoms with Crippen molar-refractivity contribution in [2.24, 2.45) is 0 Å². The van der Waals surface area contributed by atoms with E-state index < -0.39 is 34.5 Å². The van der Waals surface area contributed by atoms with Gasteiger partial charge in [-0.15, -0.1) is 6.42 Å². The van der Waals surface area contributed by atoms with Gasteiger partial charge in [0.15, 0.2) is 0 Å². The van der Waals surface area contributed by atoms with Gasteiger partial charge < -0.3 is 5.32 Å². The van der Waals surface area contributed by atoms with Gasteiger partial charge >= 0.3 is 12.1 Å². The van der Waals surface area contributed by atoms with Crippen LogP contribution in [0.25, 0.3) is 0 Å². The normalized spacial score (nSPS) is 15.1. The predicted molar refractivity (Wildman–Crippen MR) is 119 cm³/mol. The first-order chi connectivity index (χ1) is 16.1. The Balaban J connectivity index is 2.10. The van der Waals surface area contributed by atoms with Crippen molar-refractivity contribution in [1.82, 2.24) is 5.32 Å². The molecular weight excluding hydrogens is 451 g/mol. The van der Waals surface area contributed by atoms with Crippen molar-refractivity contribution < 1.29 is 27.7 Å². The smallest absolute Gasteiger partial charge is 0.351 e. The van der Waals surface area contributed by atoms with E-state index in [4.69, 9.17) is 6.42 Å². The lowest BCUT2D eigenvalue weighted by atomic mass is 9.94. The molecule has 0 aromatic heterocycles. The number of alkyl halides is 3. The second-order valence-corrected chi connectivity index (χ2v) is 7.96. The molecular formula is C24H22F3N3O4. The van der Waals surface area contributed by atoms with E-state index in [9.17, 15) is 32.9 Å². The largest absolute Gasteiger partial charge is 0.416 e. The number of carbonyl (C=O) groups is 2. The van der Waals surface area contributed by atoms with Gasteiger partial charge in [0.05, 0.1) is 10.5 Å². The Morgan fingerprint density at radius 1 is 1.12 bits per heavy atom. The summed E-state index contributed by atoms with van der Waals surface area (Å²) in [5, 5.41) is 13.9. The van der Waals surface area contributed by atoms with Crippen LogP contribution >= 0.6 is 0 Å². The molecule has 2 amide bonds. The molecule has 1 aliphatic rings. The summed E-state index contributed by atoms with van der Waals surface area (Å²) in [7, 11) is 0. The molecule has 1 fully saturated rings. The maximum absolute atomic E-state index is 13.4. The SMILES string of the molecule is C#CC(=O)N(c1cccc(C(F)(F)F)c1)C(C(=O)NC1CCCCC1)c1ccc([N+](=O)[O-])cc1. The van der Waals surface area contributed by atoms with Gasteiger partial charge in [-0.1, -0.05) is 25.3 Å². The summed E-state index contributed by atoms with van der Waals surface area (Å²) < 4.78 is 40.0. The highest BCUT2D eigenvalue weighted by molar-refractivity contribution is 6.09. The number of non-ortho nitro benzene ring substituents is 1. The number of anilines is 1. The summed E-state index contributed by atoms with van der Waals surface area (Å²) in [5.74, 6) is 0.214. The molecule has 34 heavy (non-hydrogen) atoms. The van der Waals surface area contributed by atoms with Crippen molar-refractivity contribution in [1.29, 1.82) is 0 Å². The summed E-state index contributed by atoms with van der Waals surface area (Å²) in [4.78, 5) is 37.4. The highest BCUT2D eigenvalue weighted by atomic mass is 19.4. The Kier molecular flexibility index (Phi) is 7.56. The van der Waals surface area contributed by atoms with Gasteiger partial charge in [0, 0.05) is 23.9 Å². The number of hydrogen-bond acceptors (Lipinski definition) is 4. The lowest BCUT2D eigenvalue weighted by molar-refractivity contribution is -0.384. The minimum absolute atomic E-state index is 0.161. The van der Waals surface area contributed by atoms with Gasteiger partial charge in [0.25, 0.3) is 5.69 Å². The molecule has 0 spiro atoms. The number of nitro benzene ring substituents is 1. The molecule has 10 heteroatoms. The van der Waals surface area contributed by atoms with Crippen molar-refractivity contribution in [3.8, 4) is 12.3 Å². The molecule has 178 valence electrons. The van der Waals surface area contributed by atoms with Gasteiger partial charge in [-0.2, -0.15) is 13.2 Å². The maximum Gasteiger partial charge on any atom is 0.416 e. The van der Waals surface area contributed by atoms with E-state index >= 15 is 0 Å². The molecule has 3 rings (SSSR count). The monoisotopic (exact) mass is 473 g/mol. The highest BCUT2D eigenvalue weighted by Crippen LogP contribution is 2.35. The van der Waals surface area contributed by atoms with E-state index in [-0.39, 0.29) is 23.0 Å². The summed E-state index contributed by atoms with van der Waals surface area (Å²) in [6.07, 6.45) is 4.94. The van der Waals surface area contributed by atoms with Crippen LogP contribution in [0, 0.1) is 22.5 Å². The minimum Gasteiger partial charge on any atom is -0.351 e. The number of terminal acetylenes is 1. The van der Waals surface area contributed by atoms with Crippen LogP contribution in [0.4, 0.5) is 24.5 Å². The van der Waals surface area contributed by atoms with Crippen LogP contribution < -0.4 is 10.2 Å². The minimum atomic E-state index is -4.69. The number of amides is 2. The zero-order chi connectivity index (χ0) is 24.9. The third-order valence-electron chi connectivity index (χ3n) is 5.67. The molecule has 1 atom stereocenters. The van der Waals surface area contributed by atoms with Gasteiger partial charge in [-0.05, 0) is 54.7 Å². The first-order valence-electron chi connectivity index (χ1n) is 10.6. The zero-order valence-corrected chi connectivity index (χ0v) is 18.0. The summed E-state index contributed by atoms with van der Waals surface area (Å²) >= 11 is 0. The number of nitro groups is 1. The van der Waals surface area contributed by atoms with Crippen molar-refractivity contribution in [3.05, 3.63) is 69.8 Å². The average Bonchev–Trinajstić information content (AvgIpc) is 2.82. The maximum atomic E-state index is 13.4. The van der Waals surface area contributed by atoms with Gasteiger partial charge in [0.2, 0.25) is 5.91 Å². The quantitative estimate of drug-likeness (QED) is 0.372. The van der Waals surface area contributed by atoms with Gasteiger partial charge in [0.1, 0.15) is 6.04 Å². The molecule has 1 aliphatic carbocycles. The van der Waals surface area contributed by atoms with Gasteiger partial charge in [-0.3, -0.25) is 24.6 Å². The van der Waals surface area contributed by atoms with Crippen LogP contribution in [0.5, 0.6) is 0 Å². The van der Waals surface area contributed by atoms with Crippen molar-refractivity contribution in [2.45, 2.75) is 50.4 Å². The van der Waals surface area contributed by atoms with Crippen LogP contribution in [0.1, 0.15) is 49.3 Å². The van der Waals surface area contributed by atoms with E-state index in [2.05, 4.69) is 5.32 Å². The molecule has 0 bridgehead atoms. The van der Waals surface area contributed by atoms with Crippen LogP contribution in [0.3, 0.4) is 0 Å². The lowest BCUT2D eigenvalue weighted by Gasteiger charge is -2.32. The fraction of sp³-hybridized carbons (Fsp3) is 0.333. The van der Waals surface area contributed by atoms with E-state index in [0.29, 0.717) is 0 Å². The van der Waals surface area contributed by atoms with E-state index in [1.54, 1.807) is 0 Å². The summed E-state index contributed by atoms with van der Waals surface area (Å²) in [6, 6.07) is 7.22. The van der Waals surface area contributed by atoms with Crippen LogP contribution in [-0.4, -0.2) is 22.8 Å². The second kappa shape index (κ2) is 10.4. The summed E-state index contributed by atoms with van der Waals surface area (Å²) in [6.45, 7) is 0. The van der Waals surface area contributed by atoms with Crippen molar-refractivity contribution in [3.63, 3.8) is 0 Å². The topological polar surface area (TPSA) is 92.6 Å². The Bertz CT molecular complexity index is 1100. The third kappa shape index (κ3) is 5.73. The number of benzene rings is 2. The van der Waals surface area contributed by atoms with E-state index in [1.165, 1.54) is 18.2 Å². The number of carbonyl (C=O) groups excluding carboxylic acids is 2. The molecule has 0 aliphatic heterocycles. The molecule has 2 aromatic rings. The Morgan fingerprint density at radius 2 is 1.76 bits per heavy atom. The number of rotatable bonds is 6. The molecule has 1 saturated carbocycles. The molecule has 1 unspecified atom stereocenters. The molecule has 7 nitrogen and oxygen atoms in total. The van der Waals surface area contributed by atoms with E-state index in [0.717, 1.165) is 67.3 Å². The molecule has 0 radical (unpaired) electrons. The molecule has 2 aromatic carbocycles. The van der Waals surface area contributed by atoms with Crippen LogP contribution in [0.2, 0.25) is 0 Å².